The lowest BCUT2D eigenvalue weighted by molar-refractivity contribution is -0.122. The van der Waals surface area contributed by atoms with Crippen molar-refractivity contribution >= 4 is 5.78 Å². The maximum absolute atomic E-state index is 13.3. The third kappa shape index (κ3) is 3.03. The first kappa shape index (κ1) is 12.6. The van der Waals surface area contributed by atoms with Gasteiger partial charge in [-0.25, -0.2) is 4.39 Å². The summed E-state index contributed by atoms with van der Waals surface area (Å²) in [5.74, 6) is -0.428. The average Bonchev–Trinajstić information content (AvgIpc) is 2.16. The third-order valence-corrected chi connectivity index (χ3v) is 2.30. The van der Waals surface area contributed by atoms with Crippen molar-refractivity contribution in [1.29, 1.82) is 0 Å². The van der Waals surface area contributed by atoms with E-state index < -0.39 is 11.4 Å². The number of carbonyl (C=O) groups is 1. The van der Waals surface area contributed by atoms with Crippen LogP contribution in [-0.4, -0.2) is 18.4 Å². The van der Waals surface area contributed by atoms with Gasteiger partial charge < -0.3 is 10.5 Å². The Bertz CT molecular complexity index is 396. The first-order chi connectivity index (χ1) is 7.34. The number of halogens is 1. The van der Waals surface area contributed by atoms with E-state index in [0.29, 0.717) is 5.56 Å². The van der Waals surface area contributed by atoms with Crippen molar-refractivity contribution < 1.29 is 13.9 Å². The van der Waals surface area contributed by atoms with Crippen LogP contribution in [-0.2, 0) is 11.2 Å². The molecular formula is C12H16FNO2. The average molecular weight is 225 g/mol. The Balaban J connectivity index is 2.84. The molecule has 16 heavy (non-hydrogen) atoms. The smallest absolute Gasteiger partial charge is 0.165 e. The van der Waals surface area contributed by atoms with E-state index in [-0.39, 0.29) is 18.0 Å². The predicted octanol–water partition coefficient (Wildman–Crippen LogP) is 1.68. The largest absolute Gasteiger partial charge is 0.494 e. The van der Waals surface area contributed by atoms with Gasteiger partial charge in [-0.05, 0) is 31.5 Å². The fraction of sp³-hybridized carbons (Fsp3) is 0.417. The van der Waals surface area contributed by atoms with Gasteiger partial charge in [-0.1, -0.05) is 6.07 Å². The number of rotatable bonds is 4. The highest BCUT2D eigenvalue weighted by Gasteiger charge is 2.22. The fourth-order valence-electron chi connectivity index (χ4n) is 1.23. The molecule has 0 aliphatic carbocycles. The summed E-state index contributed by atoms with van der Waals surface area (Å²) in [6.07, 6.45) is 0.129. The van der Waals surface area contributed by atoms with Gasteiger partial charge in [-0.3, -0.25) is 4.79 Å². The fourth-order valence-corrected chi connectivity index (χ4v) is 1.23. The highest BCUT2D eigenvalue weighted by atomic mass is 19.1. The Kier molecular flexibility index (Phi) is 3.65. The lowest BCUT2D eigenvalue weighted by atomic mass is 9.95. The quantitative estimate of drug-likeness (QED) is 0.848. The lowest BCUT2D eigenvalue weighted by Crippen LogP contribution is -2.42. The molecule has 1 aromatic carbocycles. The molecule has 0 amide bonds. The molecule has 0 saturated heterocycles. The van der Waals surface area contributed by atoms with Crippen molar-refractivity contribution in [2.75, 3.05) is 7.11 Å². The van der Waals surface area contributed by atoms with Crippen LogP contribution in [0.3, 0.4) is 0 Å². The molecule has 0 atom stereocenters. The summed E-state index contributed by atoms with van der Waals surface area (Å²) in [4.78, 5) is 11.6. The van der Waals surface area contributed by atoms with Gasteiger partial charge in [0.15, 0.2) is 17.3 Å². The molecule has 0 saturated carbocycles. The summed E-state index contributed by atoms with van der Waals surface area (Å²) in [7, 11) is 1.40. The van der Waals surface area contributed by atoms with Crippen LogP contribution in [0.25, 0.3) is 0 Å². The zero-order chi connectivity index (χ0) is 12.3. The molecule has 1 aromatic rings. The van der Waals surface area contributed by atoms with Crippen molar-refractivity contribution in [2.24, 2.45) is 5.73 Å². The maximum Gasteiger partial charge on any atom is 0.165 e. The Morgan fingerprint density at radius 2 is 2.12 bits per heavy atom. The van der Waals surface area contributed by atoms with Gasteiger partial charge in [0.25, 0.3) is 0 Å². The van der Waals surface area contributed by atoms with Crippen molar-refractivity contribution in [2.45, 2.75) is 25.8 Å². The van der Waals surface area contributed by atoms with E-state index in [9.17, 15) is 9.18 Å². The number of carbonyl (C=O) groups excluding carboxylic acids is 1. The Hall–Kier alpha value is -1.42. The normalized spacial score (nSPS) is 11.3. The van der Waals surface area contributed by atoms with Crippen LogP contribution >= 0.6 is 0 Å². The highest BCUT2D eigenvalue weighted by molar-refractivity contribution is 5.89. The maximum atomic E-state index is 13.3. The molecule has 1 rings (SSSR count). The molecule has 0 heterocycles. The van der Waals surface area contributed by atoms with Crippen LogP contribution in [0.15, 0.2) is 18.2 Å². The third-order valence-electron chi connectivity index (χ3n) is 2.30. The minimum Gasteiger partial charge on any atom is -0.494 e. The summed E-state index contributed by atoms with van der Waals surface area (Å²) in [6.45, 7) is 3.27. The van der Waals surface area contributed by atoms with Crippen LogP contribution in [0.1, 0.15) is 19.4 Å². The number of ketones is 1. The molecule has 88 valence electrons. The van der Waals surface area contributed by atoms with Gasteiger partial charge in [-0.2, -0.15) is 0 Å². The summed E-state index contributed by atoms with van der Waals surface area (Å²) < 4.78 is 18.1. The van der Waals surface area contributed by atoms with Crippen LogP contribution < -0.4 is 10.5 Å². The Morgan fingerprint density at radius 1 is 1.50 bits per heavy atom. The molecule has 0 aromatic heterocycles. The molecule has 0 fully saturated rings. The van der Waals surface area contributed by atoms with E-state index in [1.54, 1.807) is 19.9 Å². The van der Waals surface area contributed by atoms with Crippen molar-refractivity contribution in [3.05, 3.63) is 29.6 Å². The van der Waals surface area contributed by atoms with Gasteiger partial charge in [0.1, 0.15) is 0 Å². The van der Waals surface area contributed by atoms with E-state index in [0.717, 1.165) is 0 Å². The predicted molar refractivity (Wildman–Crippen MR) is 59.9 cm³/mol. The standard InChI is InChI=1S/C12H16FNO2/c1-12(2,14)11(15)7-8-4-5-10(16-3)9(13)6-8/h4-6H,7,14H2,1-3H3. The molecule has 0 bridgehead atoms. The van der Waals surface area contributed by atoms with E-state index in [1.165, 1.54) is 19.2 Å². The molecule has 0 radical (unpaired) electrons. The first-order valence-corrected chi connectivity index (χ1v) is 4.99. The number of methoxy groups -OCH3 is 1. The first-order valence-electron chi connectivity index (χ1n) is 4.99. The lowest BCUT2D eigenvalue weighted by Gasteiger charge is -2.16. The van der Waals surface area contributed by atoms with Crippen molar-refractivity contribution in [3.63, 3.8) is 0 Å². The molecule has 0 spiro atoms. The highest BCUT2D eigenvalue weighted by Crippen LogP contribution is 2.18. The minimum absolute atomic E-state index is 0.128. The topological polar surface area (TPSA) is 52.3 Å². The molecule has 0 aliphatic rings. The SMILES string of the molecule is COc1ccc(CC(=O)C(C)(C)N)cc1F. The summed E-state index contributed by atoms with van der Waals surface area (Å²) in [5, 5.41) is 0. The van der Waals surface area contributed by atoms with Crippen LogP contribution in [0.5, 0.6) is 5.75 Å². The van der Waals surface area contributed by atoms with E-state index >= 15 is 0 Å². The van der Waals surface area contributed by atoms with Gasteiger partial charge in [0, 0.05) is 6.42 Å². The van der Waals surface area contributed by atoms with E-state index in [4.69, 9.17) is 10.5 Å². The van der Waals surface area contributed by atoms with Crippen LogP contribution in [0.2, 0.25) is 0 Å². The van der Waals surface area contributed by atoms with E-state index in [1.807, 2.05) is 0 Å². The number of hydrogen-bond donors (Lipinski definition) is 1. The summed E-state index contributed by atoms with van der Waals surface area (Å²) in [6, 6.07) is 4.45. The second-order valence-electron chi connectivity index (χ2n) is 4.29. The molecule has 0 aliphatic heterocycles. The number of nitrogens with two attached hydrogens (primary N) is 1. The number of hydrogen-bond acceptors (Lipinski definition) is 3. The summed E-state index contributed by atoms with van der Waals surface area (Å²) in [5.41, 5.74) is 5.36. The molecular weight excluding hydrogens is 209 g/mol. The van der Waals surface area contributed by atoms with Gasteiger partial charge in [0.05, 0.1) is 12.6 Å². The molecule has 0 unspecified atom stereocenters. The van der Waals surface area contributed by atoms with Crippen LogP contribution in [0, 0.1) is 5.82 Å². The van der Waals surface area contributed by atoms with Gasteiger partial charge in [-0.15, -0.1) is 0 Å². The van der Waals surface area contributed by atoms with Crippen molar-refractivity contribution in [3.8, 4) is 5.75 Å². The summed E-state index contributed by atoms with van der Waals surface area (Å²) >= 11 is 0. The molecule has 3 nitrogen and oxygen atoms in total. The minimum atomic E-state index is -0.892. The Labute approximate surface area is 94.4 Å². The number of ether oxygens (including phenoxy) is 1. The number of Topliss-reactive ketones (excluding diaryl/α,β-unsaturated/α-hetero) is 1. The number of benzene rings is 1. The van der Waals surface area contributed by atoms with Crippen LogP contribution in [0.4, 0.5) is 4.39 Å². The molecule has 2 N–H and O–H groups in total. The second-order valence-corrected chi connectivity index (χ2v) is 4.29. The second kappa shape index (κ2) is 4.61. The van der Waals surface area contributed by atoms with Gasteiger partial charge in [0.2, 0.25) is 0 Å². The van der Waals surface area contributed by atoms with Gasteiger partial charge >= 0.3 is 0 Å². The zero-order valence-electron chi connectivity index (χ0n) is 9.71. The zero-order valence-corrected chi connectivity index (χ0v) is 9.71. The van der Waals surface area contributed by atoms with E-state index in [2.05, 4.69) is 0 Å². The van der Waals surface area contributed by atoms with Crippen molar-refractivity contribution in [1.82, 2.24) is 0 Å². The molecule has 4 heteroatoms. The Morgan fingerprint density at radius 3 is 2.56 bits per heavy atom. The monoisotopic (exact) mass is 225 g/mol.